The number of aromatic nitrogens is 2. The van der Waals surface area contributed by atoms with Gasteiger partial charge in [-0.1, -0.05) is 58.2 Å². The summed E-state index contributed by atoms with van der Waals surface area (Å²) in [5.41, 5.74) is 7.48. The quantitative estimate of drug-likeness (QED) is 0.501. The predicted molar refractivity (Wildman–Crippen MR) is 124 cm³/mol. The molecule has 0 amide bonds. The van der Waals surface area contributed by atoms with Crippen molar-refractivity contribution < 1.29 is 4.74 Å². The van der Waals surface area contributed by atoms with Crippen molar-refractivity contribution in [1.82, 2.24) is 20.1 Å². The lowest BCUT2D eigenvalue weighted by Gasteiger charge is -2.32. The maximum atomic E-state index is 6.58. The zero-order valence-electron chi connectivity index (χ0n) is 16.7. The highest BCUT2D eigenvalue weighted by Gasteiger charge is 2.45. The van der Waals surface area contributed by atoms with Gasteiger partial charge in [0.2, 0.25) is 0 Å². The molecule has 0 spiro atoms. The van der Waals surface area contributed by atoms with E-state index >= 15 is 0 Å². The maximum Gasteiger partial charge on any atom is 0.302 e. The number of halogens is 3. The van der Waals surface area contributed by atoms with Crippen LogP contribution in [-0.2, 0) is 17.0 Å². The van der Waals surface area contributed by atoms with Gasteiger partial charge < -0.3 is 4.74 Å². The standard InChI is InChI=1S/C21H20BrCl2N5O/c1-4-16-19(13-5-7-14(22)8-6-13)29(18-10-9-15(23)11-17(18)24)26-20(16)21(28(2)3)27-25-12-30-21/h5-12,27H,4H2,1-3H3. The van der Waals surface area contributed by atoms with E-state index in [1.54, 1.807) is 12.1 Å². The van der Waals surface area contributed by atoms with Crippen LogP contribution in [-0.4, -0.2) is 35.2 Å². The van der Waals surface area contributed by atoms with Gasteiger partial charge in [-0.15, -0.1) is 5.10 Å². The van der Waals surface area contributed by atoms with Crippen molar-refractivity contribution >= 4 is 45.5 Å². The van der Waals surface area contributed by atoms with E-state index in [-0.39, 0.29) is 0 Å². The first-order valence-corrected chi connectivity index (χ1v) is 10.9. The van der Waals surface area contributed by atoms with Crippen LogP contribution >= 0.6 is 39.1 Å². The van der Waals surface area contributed by atoms with E-state index < -0.39 is 5.85 Å². The van der Waals surface area contributed by atoms with Crippen LogP contribution in [0.1, 0.15) is 18.2 Å². The third-order valence-corrected chi connectivity index (χ3v) is 6.10. The van der Waals surface area contributed by atoms with Crippen LogP contribution in [0.5, 0.6) is 0 Å². The van der Waals surface area contributed by atoms with Gasteiger partial charge in [0, 0.05) is 20.6 Å². The molecule has 0 aliphatic carbocycles. The summed E-state index contributed by atoms with van der Waals surface area (Å²) in [4.78, 5) is 1.90. The number of hydrogen-bond acceptors (Lipinski definition) is 5. The molecule has 1 aliphatic rings. The minimum absolute atomic E-state index is 0.507. The molecular formula is C21H20BrCl2N5O. The normalized spacial score (nSPS) is 18.0. The first-order chi connectivity index (χ1) is 14.4. The van der Waals surface area contributed by atoms with Gasteiger partial charge in [-0.3, -0.25) is 0 Å². The highest BCUT2D eigenvalue weighted by molar-refractivity contribution is 9.10. The summed E-state index contributed by atoms with van der Waals surface area (Å²) in [5, 5.41) is 10.2. The second-order valence-corrected chi connectivity index (χ2v) is 8.81. The molecule has 1 aliphatic heterocycles. The Morgan fingerprint density at radius 2 is 1.90 bits per heavy atom. The summed E-state index contributed by atoms with van der Waals surface area (Å²) in [7, 11) is 3.82. The molecule has 1 unspecified atom stereocenters. The molecule has 1 N–H and O–H groups in total. The molecule has 0 fully saturated rings. The Balaban J connectivity index is 2.03. The molecule has 2 aromatic carbocycles. The number of benzene rings is 2. The molecule has 4 rings (SSSR count). The fourth-order valence-electron chi connectivity index (χ4n) is 3.56. The molecular weight excluding hydrogens is 489 g/mol. The molecule has 0 saturated heterocycles. The summed E-state index contributed by atoms with van der Waals surface area (Å²) >= 11 is 16.2. The lowest BCUT2D eigenvalue weighted by molar-refractivity contribution is -0.0851. The molecule has 30 heavy (non-hydrogen) atoms. The number of rotatable bonds is 5. The van der Waals surface area contributed by atoms with E-state index in [9.17, 15) is 0 Å². The fourth-order valence-corrected chi connectivity index (χ4v) is 4.31. The smallest absolute Gasteiger partial charge is 0.302 e. The second-order valence-electron chi connectivity index (χ2n) is 7.05. The van der Waals surface area contributed by atoms with Gasteiger partial charge in [0.25, 0.3) is 0 Å². The van der Waals surface area contributed by atoms with Crippen molar-refractivity contribution in [1.29, 1.82) is 0 Å². The van der Waals surface area contributed by atoms with E-state index in [0.717, 1.165) is 39.1 Å². The highest BCUT2D eigenvalue weighted by atomic mass is 79.9. The average molecular weight is 509 g/mol. The largest absolute Gasteiger partial charge is 0.435 e. The molecule has 0 saturated carbocycles. The first kappa shape index (κ1) is 21.2. The van der Waals surface area contributed by atoms with Gasteiger partial charge >= 0.3 is 5.85 Å². The third-order valence-electron chi connectivity index (χ3n) is 5.04. The lowest BCUT2D eigenvalue weighted by atomic mass is 10.0. The summed E-state index contributed by atoms with van der Waals surface area (Å²) in [6.45, 7) is 2.09. The van der Waals surface area contributed by atoms with Crippen LogP contribution < -0.4 is 5.43 Å². The van der Waals surface area contributed by atoms with Crippen LogP contribution in [0.25, 0.3) is 16.9 Å². The van der Waals surface area contributed by atoms with E-state index in [0.29, 0.717) is 10.0 Å². The van der Waals surface area contributed by atoms with Crippen molar-refractivity contribution in [2.45, 2.75) is 19.2 Å². The van der Waals surface area contributed by atoms with Crippen molar-refractivity contribution in [3.8, 4) is 16.9 Å². The highest BCUT2D eigenvalue weighted by Crippen LogP contribution is 2.38. The molecule has 1 aromatic heterocycles. The first-order valence-electron chi connectivity index (χ1n) is 9.35. The summed E-state index contributed by atoms with van der Waals surface area (Å²) in [6, 6.07) is 13.5. The number of ether oxygens (including phenoxy) is 1. The van der Waals surface area contributed by atoms with E-state index in [1.807, 2.05) is 54.0 Å². The molecule has 9 heteroatoms. The molecule has 1 atom stereocenters. The minimum Gasteiger partial charge on any atom is -0.435 e. The Bertz CT molecular complexity index is 1100. The predicted octanol–water partition coefficient (Wildman–Crippen LogP) is 5.41. The van der Waals surface area contributed by atoms with Crippen molar-refractivity contribution in [3.05, 3.63) is 68.2 Å². The molecule has 156 valence electrons. The van der Waals surface area contributed by atoms with Gasteiger partial charge in [0.05, 0.1) is 16.4 Å². The Morgan fingerprint density at radius 3 is 2.47 bits per heavy atom. The van der Waals surface area contributed by atoms with Gasteiger partial charge in [-0.05, 0) is 50.8 Å². The van der Waals surface area contributed by atoms with Crippen LogP contribution in [0.2, 0.25) is 10.0 Å². The van der Waals surface area contributed by atoms with E-state index in [2.05, 4.69) is 33.4 Å². The Labute approximate surface area is 193 Å². The lowest BCUT2D eigenvalue weighted by Crippen LogP contribution is -2.51. The van der Waals surface area contributed by atoms with Gasteiger partial charge in [-0.2, -0.15) is 5.10 Å². The van der Waals surface area contributed by atoms with Gasteiger partial charge in [0.1, 0.15) is 5.69 Å². The van der Waals surface area contributed by atoms with Crippen LogP contribution in [0.4, 0.5) is 0 Å². The fraction of sp³-hybridized carbons (Fsp3) is 0.238. The molecule has 0 radical (unpaired) electrons. The van der Waals surface area contributed by atoms with Gasteiger partial charge in [0.15, 0.2) is 6.40 Å². The molecule has 6 nitrogen and oxygen atoms in total. The zero-order valence-corrected chi connectivity index (χ0v) is 19.8. The summed E-state index contributed by atoms with van der Waals surface area (Å²) < 4.78 is 8.78. The number of hydrazone groups is 1. The monoisotopic (exact) mass is 507 g/mol. The van der Waals surface area contributed by atoms with E-state index in [1.165, 1.54) is 6.40 Å². The molecule has 0 bridgehead atoms. The summed E-state index contributed by atoms with van der Waals surface area (Å²) in [5.74, 6) is -1.01. The topological polar surface area (TPSA) is 54.7 Å². The van der Waals surface area contributed by atoms with Crippen LogP contribution in [0.3, 0.4) is 0 Å². The second kappa shape index (κ2) is 8.23. The SMILES string of the molecule is CCc1c(C2(N(C)C)NN=CO2)nn(-c2ccc(Cl)cc2Cl)c1-c1ccc(Br)cc1. The van der Waals surface area contributed by atoms with Crippen molar-refractivity contribution in [2.75, 3.05) is 14.1 Å². The summed E-state index contributed by atoms with van der Waals surface area (Å²) in [6.07, 6.45) is 2.12. The van der Waals surface area contributed by atoms with Gasteiger partial charge in [-0.25, -0.2) is 15.0 Å². The van der Waals surface area contributed by atoms with Crippen LogP contribution in [0, 0.1) is 0 Å². The van der Waals surface area contributed by atoms with Crippen molar-refractivity contribution in [3.63, 3.8) is 0 Å². The molecule has 3 aromatic rings. The van der Waals surface area contributed by atoms with Crippen molar-refractivity contribution in [2.24, 2.45) is 5.10 Å². The van der Waals surface area contributed by atoms with Crippen LogP contribution in [0.15, 0.2) is 52.0 Å². The Morgan fingerprint density at radius 1 is 1.17 bits per heavy atom. The zero-order chi connectivity index (χ0) is 21.5. The average Bonchev–Trinajstić information content (AvgIpc) is 3.34. The number of nitrogens with zero attached hydrogens (tertiary/aromatic N) is 4. The Hall–Kier alpha value is -2.06. The minimum atomic E-state index is -1.01. The number of hydrogen-bond donors (Lipinski definition) is 1. The Kier molecular flexibility index (Phi) is 5.81. The maximum absolute atomic E-state index is 6.58. The number of nitrogens with one attached hydrogen (secondary N) is 1. The van der Waals surface area contributed by atoms with E-state index in [4.69, 9.17) is 33.0 Å². The molecule has 2 heterocycles. The third kappa shape index (κ3) is 3.50.